The van der Waals surface area contributed by atoms with Crippen molar-refractivity contribution in [3.05, 3.63) is 85.5 Å². The molecule has 1 atom stereocenters. The zero-order chi connectivity index (χ0) is 22.7. The molecule has 1 aliphatic rings. The summed E-state index contributed by atoms with van der Waals surface area (Å²) >= 11 is 0. The maximum absolute atomic E-state index is 13.7. The second kappa shape index (κ2) is 9.18. The van der Waals surface area contributed by atoms with Crippen LogP contribution in [0.25, 0.3) is 11.0 Å². The lowest BCUT2D eigenvalue weighted by Gasteiger charge is -2.21. The monoisotopic (exact) mass is 432 g/mol. The Hall–Kier alpha value is -3.74. The van der Waals surface area contributed by atoms with Gasteiger partial charge in [0.2, 0.25) is 11.8 Å². The summed E-state index contributed by atoms with van der Waals surface area (Å²) in [7, 11) is 0. The van der Waals surface area contributed by atoms with Crippen LogP contribution in [0.4, 0.5) is 10.1 Å². The van der Waals surface area contributed by atoms with E-state index in [0.717, 1.165) is 11.0 Å². The molecule has 4 rings (SSSR count). The highest BCUT2D eigenvalue weighted by atomic mass is 19.1. The van der Waals surface area contributed by atoms with E-state index in [4.69, 9.17) is 4.98 Å². The zero-order valence-electron chi connectivity index (χ0n) is 17.8. The lowest BCUT2D eigenvalue weighted by atomic mass is 10.1. The molecule has 0 N–H and O–H groups in total. The van der Waals surface area contributed by atoms with Gasteiger partial charge in [0.05, 0.1) is 11.0 Å². The number of halogens is 1. The number of nitrogens with zero attached hydrogens (tertiary/aromatic N) is 4. The molecule has 1 fully saturated rings. The minimum absolute atomic E-state index is 0.0829. The van der Waals surface area contributed by atoms with E-state index < -0.39 is 0 Å². The van der Waals surface area contributed by atoms with Crippen molar-refractivity contribution in [2.45, 2.75) is 18.9 Å². The highest BCUT2D eigenvalue weighted by molar-refractivity contribution is 5.96. The molecule has 2 aromatic carbocycles. The van der Waals surface area contributed by atoms with E-state index in [1.807, 2.05) is 28.8 Å². The average molecular weight is 432 g/mol. The van der Waals surface area contributed by atoms with Crippen molar-refractivity contribution < 1.29 is 14.0 Å². The molecule has 32 heavy (non-hydrogen) atoms. The molecule has 2 heterocycles. The summed E-state index contributed by atoms with van der Waals surface area (Å²) in [6.45, 7) is 8.77. The Morgan fingerprint density at radius 3 is 2.62 bits per heavy atom. The molecule has 2 amide bonds. The summed E-state index contributed by atoms with van der Waals surface area (Å²) in [5, 5.41) is 0. The van der Waals surface area contributed by atoms with Crippen LogP contribution < -0.4 is 4.90 Å². The first-order chi connectivity index (χ1) is 15.5. The van der Waals surface area contributed by atoms with Crippen LogP contribution in [0.5, 0.6) is 0 Å². The molecule has 0 bridgehead atoms. The van der Waals surface area contributed by atoms with Gasteiger partial charge in [-0.3, -0.25) is 9.59 Å². The third-order valence-electron chi connectivity index (χ3n) is 5.64. The molecule has 0 spiro atoms. The Morgan fingerprint density at radius 1 is 1.16 bits per heavy atom. The molecule has 1 aromatic heterocycles. The Balaban J connectivity index is 1.67. The van der Waals surface area contributed by atoms with Crippen LogP contribution in [0.15, 0.2) is 73.8 Å². The van der Waals surface area contributed by atoms with Crippen molar-refractivity contribution in [2.24, 2.45) is 0 Å². The molecule has 7 heteroatoms. The summed E-state index contributed by atoms with van der Waals surface area (Å²) in [5.41, 5.74) is 2.13. The van der Waals surface area contributed by atoms with Crippen LogP contribution in [-0.4, -0.2) is 45.9 Å². The lowest BCUT2D eigenvalue weighted by Crippen LogP contribution is -2.34. The number of amides is 2. The third-order valence-corrected chi connectivity index (χ3v) is 5.64. The fourth-order valence-electron chi connectivity index (χ4n) is 4.17. The zero-order valence-corrected chi connectivity index (χ0v) is 17.8. The summed E-state index contributed by atoms with van der Waals surface area (Å²) < 4.78 is 15.6. The largest absolute Gasteiger partial charge is 0.334 e. The Morgan fingerprint density at radius 2 is 1.91 bits per heavy atom. The van der Waals surface area contributed by atoms with Gasteiger partial charge >= 0.3 is 0 Å². The van der Waals surface area contributed by atoms with Gasteiger partial charge in [0, 0.05) is 37.7 Å². The number of imidazole rings is 1. The summed E-state index contributed by atoms with van der Waals surface area (Å²) in [6.07, 6.45) is 3.61. The quantitative estimate of drug-likeness (QED) is 0.508. The molecule has 1 aliphatic heterocycles. The number of aromatic nitrogens is 2. The first-order valence-electron chi connectivity index (χ1n) is 10.5. The van der Waals surface area contributed by atoms with E-state index in [2.05, 4.69) is 13.2 Å². The Bertz CT molecular complexity index is 1180. The first kappa shape index (κ1) is 21.5. The van der Waals surface area contributed by atoms with Crippen LogP contribution >= 0.6 is 0 Å². The van der Waals surface area contributed by atoms with Crippen LogP contribution in [0.1, 0.15) is 18.2 Å². The van der Waals surface area contributed by atoms with Crippen LogP contribution in [0.3, 0.4) is 0 Å². The molecule has 0 aliphatic carbocycles. The van der Waals surface area contributed by atoms with Crippen LogP contribution in [0.2, 0.25) is 0 Å². The smallest absolute Gasteiger partial charge is 0.243 e. The molecule has 0 saturated carbocycles. The molecule has 1 saturated heterocycles. The van der Waals surface area contributed by atoms with Gasteiger partial charge in [0.25, 0.3) is 0 Å². The number of benzene rings is 2. The minimum Gasteiger partial charge on any atom is -0.334 e. The van der Waals surface area contributed by atoms with Gasteiger partial charge in [-0.25, -0.2) is 9.37 Å². The fourth-order valence-corrected chi connectivity index (χ4v) is 4.17. The highest BCUT2D eigenvalue weighted by Crippen LogP contribution is 2.33. The number of rotatable bonds is 8. The molecule has 164 valence electrons. The van der Waals surface area contributed by atoms with Gasteiger partial charge < -0.3 is 14.4 Å². The van der Waals surface area contributed by atoms with Crippen molar-refractivity contribution >= 4 is 28.5 Å². The fraction of sp³-hybridized carbons (Fsp3) is 0.240. The number of hydrogen-bond donors (Lipinski definition) is 0. The van der Waals surface area contributed by atoms with E-state index in [1.54, 1.807) is 34.1 Å². The van der Waals surface area contributed by atoms with Crippen LogP contribution in [-0.2, 0) is 16.1 Å². The number of fused-ring (bicyclic) bond motifs is 1. The van der Waals surface area contributed by atoms with Gasteiger partial charge in [0.1, 0.15) is 18.2 Å². The molecule has 1 unspecified atom stereocenters. The number of para-hydroxylation sites is 2. The summed E-state index contributed by atoms with van der Waals surface area (Å²) in [6, 6.07) is 13.6. The van der Waals surface area contributed by atoms with Gasteiger partial charge in [-0.05, 0) is 30.3 Å². The standard InChI is InChI=1S/C25H25FN4O2/c1-3-12-28(13-4-2)24(32)17-30-22-11-6-5-10-21(22)27-25(30)18-14-23(31)29(16-18)20-9-7-8-19(26)15-20/h3-11,15,18H,1-2,12-14,16-17H2. The van der Waals surface area contributed by atoms with Crippen molar-refractivity contribution in [3.63, 3.8) is 0 Å². The number of carbonyl (C=O) groups is 2. The predicted octanol–water partition coefficient (Wildman–Crippen LogP) is 3.90. The lowest BCUT2D eigenvalue weighted by molar-refractivity contribution is -0.130. The number of hydrogen-bond acceptors (Lipinski definition) is 3. The molecular weight excluding hydrogens is 407 g/mol. The topological polar surface area (TPSA) is 58.4 Å². The van der Waals surface area contributed by atoms with Gasteiger partial charge in [-0.15, -0.1) is 13.2 Å². The van der Waals surface area contributed by atoms with E-state index in [9.17, 15) is 14.0 Å². The second-order valence-electron chi connectivity index (χ2n) is 7.81. The summed E-state index contributed by atoms with van der Waals surface area (Å²) in [5.74, 6) is -0.0886. The number of carbonyl (C=O) groups excluding carboxylic acids is 2. The van der Waals surface area contributed by atoms with Crippen LogP contribution in [0, 0.1) is 5.82 Å². The SMILES string of the molecule is C=CCN(CC=C)C(=O)Cn1c(C2CC(=O)N(c3cccc(F)c3)C2)nc2ccccc21. The Labute approximate surface area is 186 Å². The third kappa shape index (κ3) is 4.19. The Kier molecular flexibility index (Phi) is 6.16. The minimum atomic E-state index is -0.388. The number of anilines is 1. The molecular formula is C25H25FN4O2. The maximum atomic E-state index is 13.7. The highest BCUT2D eigenvalue weighted by Gasteiger charge is 2.35. The van der Waals surface area contributed by atoms with Crippen molar-refractivity contribution in [3.8, 4) is 0 Å². The van der Waals surface area contributed by atoms with E-state index in [1.165, 1.54) is 12.1 Å². The molecule has 3 aromatic rings. The van der Waals surface area contributed by atoms with Crippen molar-refractivity contribution in [1.29, 1.82) is 0 Å². The van der Waals surface area contributed by atoms with Gasteiger partial charge in [-0.2, -0.15) is 0 Å². The van der Waals surface area contributed by atoms with E-state index in [-0.39, 0.29) is 36.5 Å². The normalized spacial score (nSPS) is 15.8. The van der Waals surface area contributed by atoms with Gasteiger partial charge in [-0.1, -0.05) is 30.4 Å². The maximum Gasteiger partial charge on any atom is 0.243 e. The van der Waals surface area contributed by atoms with E-state index in [0.29, 0.717) is 31.1 Å². The predicted molar refractivity (Wildman–Crippen MR) is 123 cm³/mol. The second-order valence-corrected chi connectivity index (χ2v) is 7.81. The summed E-state index contributed by atoms with van der Waals surface area (Å²) in [4.78, 5) is 33.8. The molecule has 0 radical (unpaired) electrons. The van der Waals surface area contributed by atoms with Crippen molar-refractivity contribution in [1.82, 2.24) is 14.5 Å². The van der Waals surface area contributed by atoms with Crippen molar-refractivity contribution in [2.75, 3.05) is 24.5 Å². The first-order valence-corrected chi connectivity index (χ1v) is 10.5. The molecule has 6 nitrogen and oxygen atoms in total. The van der Waals surface area contributed by atoms with Gasteiger partial charge in [0.15, 0.2) is 0 Å². The average Bonchev–Trinajstić information content (AvgIpc) is 3.34. The van der Waals surface area contributed by atoms with E-state index >= 15 is 0 Å².